The van der Waals surface area contributed by atoms with Gasteiger partial charge in [0.05, 0.1) is 10.7 Å². The number of Topliss-reactive ketones (excluding diaryl/α,β-unsaturated/α-hetero) is 1. The van der Waals surface area contributed by atoms with Crippen molar-refractivity contribution in [1.29, 1.82) is 0 Å². The molecule has 0 radical (unpaired) electrons. The number of H-pyrrole nitrogens is 1. The molecular weight excluding hydrogens is 372 g/mol. The van der Waals surface area contributed by atoms with Gasteiger partial charge in [0.25, 0.3) is 5.69 Å². The number of fused-ring (bicyclic) bond motifs is 1. The Kier molecular flexibility index (Phi) is 4.47. The number of nitro groups is 1. The average Bonchev–Trinajstić information content (AvgIpc) is 3.34. The number of nitrogens with zero attached hydrogens (tertiary/aromatic N) is 3. The van der Waals surface area contributed by atoms with Crippen LogP contribution in [0.25, 0.3) is 11.4 Å². The van der Waals surface area contributed by atoms with E-state index in [1.54, 1.807) is 12.1 Å². The van der Waals surface area contributed by atoms with Crippen LogP contribution in [0.4, 0.5) is 5.69 Å². The van der Waals surface area contributed by atoms with E-state index < -0.39 is 4.92 Å². The van der Waals surface area contributed by atoms with Gasteiger partial charge >= 0.3 is 0 Å². The predicted molar refractivity (Wildman–Crippen MR) is 96.1 cm³/mol. The van der Waals surface area contributed by atoms with Gasteiger partial charge in [-0.3, -0.25) is 20.0 Å². The second kappa shape index (κ2) is 7.08. The maximum absolute atomic E-state index is 12.2. The van der Waals surface area contributed by atoms with E-state index in [1.165, 1.54) is 36.0 Å². The van der Waals surface area contributed by atoms with Crippen molar-refractivity contribution >= 4 is 23.2 Å². The van der Waals surface area contributed by atoms with Crippen LogP contribution < -0.4 is 9.47 Å². The summed E-state index contributed by atoms with van der Waals surface area (Å²) in [6, 6.07) is 10.9. The molecule has 9 nitrogen and oxygen atoms in total. The molecule has 0 unspecified atom stereocenters. The Labute approximate surface area is 156 Å². The largest absolute Gasteiger partial charge is 0.454 e. The number of carbonyl (C=O) groups is 1. The van der Waals surface area contributed by atoms with Crippen LogP contribution in [-0.2, 0) is 0 Å². The zero-order valence-electron chi connectivity index (χ0n) is 13.7. The molecule has 0 atom stereocenters. The first-order valence-corrected chi connectivity index (χ1v) is 8.81. The van der Waals surface area contributed by atoms with Crippen LogP contribution in [0, 0.1) is 10.1 Å². The number of carbonyl (C=O) groups excluding carboxylic acids is 1. The van der Waals surface area contributed by atoms with E-state index in [2.05, 4.69) is 15.2 Å². The van der Waals surface area contributed by atoms with Gasteiger partial charge in [-0.05, 0) is 30.3 Å². The van der Waals surface area contributed by atoms with Crippen molar-refractivity contribution in [2.45, 2.75) is 5.16 Å². The van der Waals surface area contributed by atoms with Crippen LogP contribution >= 0.6 is 11.8 Å². The summed E-state index contributed by atoms with van der Waals surface area (Å²) in [5, 5.41) is 18.0. The molecule has 0 aliphatic carbocycles. The van der Waals surface area contributed by atoms with E-state index >= 15 is 0 Å². The molecule has 1 aromatic heterocycles. The zero-order valence-corrected chi connectivity index (χ0v) is 14.6. The summed E-state index contributed by atoms with van der Waals surface area (Å²) in [4.78, 5) is 26.7. The van der Waals surface area contributed by atoms with Crippen LogP contribution in [0.2, 0.25) is 0 Å². The molecule has 1 N–H and O–H groups in total. The molecule has 2 heterocycles. The number of ketones is 1. The molecule has 0 saturated heterocycles. The lowest BCUT2D eigenvalue weighted by Crippen LogP contribution is -2.02. The summed E-state index contributed by atoms with van der Waals surface area (Å²) in [6.45, 7) is 0.195. The third-order valence-electron chi connectivity index (χ3n) is 3.84. The first kappa shape index (κ1) is 17.0. The highest BCUT2D eigenvalue weighted by atomic mass is 32.2. The average molecular weight is 384 g/mol. The van der Waals surface area contributed by atoms with Crippen molar-refractivity contribution in [1.82, 2.24) is 15.2 Å². The van der Waals surface area contributed by atoms with Crippen molar-refractivity contribution in [2.24, 2.45) is 0 Å². The molecule has 136 valence electrons. The number of hydrogen-bond acceptors (Lipinski definition) is 8. The van der Waals surface area contributed by atoms with Crippen LogP contribution in [0.1, 0.15) is 10.4 Å². The molecule has 1 aliphatic heterocycles. The van der Waals surface area contributed by atoms with E-state index in [0.717, 1.165) is 5.56 Å². The number of benzene rings is 2. The fourth-order valence-corrected chi connectivity index (χ4v) is 3.16. The maximum Gasteiger partial charge on any atom is 0.269 e. The van der Waals surface area contributed by atoms with Gasteiger partial charge in [-0.1, -0.05) is 11.8 Å². The number of nitrogens with one attached hydrogen (secondary N) is 1. The Morgan fingerprint density at radius 2 is 1.96 bits per heavy atom. The van der Waals surface area contributed by atoms with E-state index in [-0.39, 0.29) is 24.0 Å². The van der Waals surface area contributed by atoms with Crippen LogP contribution in [0.5, 0.6) is 11.5 Å². The van der Waals surface area contributed by atoms with Crippen molar-refractivity contribution in [3.05, 3.63) is 58.1 Å². The molecule has 0 fully saturated rings. The molecule has 3 aromatic rings. The molecule has 0 saturated carbocycles. The van der Waals surface area contributed by atoms with Gasteiger partial charge < -0.3 is 9.47 Å². The summed E-state index contributed by atoms with van der Waals surface area (Å²) in [5.74, 6) is 1.84. The van der Waals surface area contributed by atoms with Gasteiger partial charge in [0.1, 0.15) is 0 Å². The van der Waals surface area contributed by atoms with Crippen LogP contribution in [0.15, 0.2) is 47.6 Å². The molecule has 10 heteroatoms. The number of aromatic nitrogens is 3. The van der Waals surface area contributed by atoms with E-state index in [1.807, 2.05) is 6.07 Å². The highest BCUT2D eigenvalue weighted by Crippen LogP contribution is 2.35. The normalized spacial score (nSPS) is 12.1. The van der Waals surface area contributed by atoms with Crippen LogP contribution in [-0.4, -0.2) is 38.4 Å². The number of hydrogen-bond donors (Lipinski definition) is 1. The first-order chi connectivity index (χ1) is 13.1. The highest BCUT2D eigenvalue weighted by molar-refractivity contribution is 7.99. The second-order valence-corrected chi connectivity index (χ2v) is 6.49. The van der Waals surface area contributed by atoms with Crippen LogP contribution in [0.3, 0.4) is 0 Å². The lowest BCUT2D eigenvalue weighted by Gasteiger charge is -1.99. The molecule has 2 aromatic carbocycles. The predicted octanol–water partition coefficient (Wildman–Crippen LogP) is 3.08. The summed E-state index contributed by atoms with van der Waals surface area (Å²) in [6.07, 6.45) is 0. The molecule has 0 amide bonds. The third kappa shape index (κ3) is 3.60. The van der Waals surface area contributed by atoms with E-state index in [0.29, 0.717) is 28.0 Å². The number of nitro benzene ring substituents is 1. The lowest BCUT2D eigenvalue weighted by atomic mass is 10.1. The molecular formula is C17H12N4O5S. The fourth-order valence-electron chi connectivity index (χ4n) is 2.47. The minimum Gasteiger partial charge on any atom is -0.454 e. The van der Waals surface area contributed by atoms with Crippen molar-refractivity contribution in [3.63, 3.8) is 0 Å². The summed E-state index contributed by atoms with van der Waals surface area (Å²) < 4.78 is 10.6. The highest BCUT2D eigenvalue weighted by Gasteiger charge is 2.16. The SMILES string of the molecule is O=C(CSc1n[nH]c(-c2ccc3c(c2)OCO3)n1)c1ccc([N+](=O)[O-])cc1. The van der Waals surface area contributed by atoms with Gasteiger partial charge in [0.2, 0.25) is 11.9 Å². The van der Waals surface area contributed by atoms with Gasteiger partial charge in [-0.15, -0.1) is 5.10 Å². The van der Waals surface area contributed by atoms with Gasteiger partial charge in [-0.25, -0.2) is 4.98 Å². The quantitative estimate of drug-likeness (QED) is 0.298. The van der Waals surface area contributed by atoms with Crippen molar-refractivity contribution in [3.8, 4) is 22.9 Å². The number of ether oxygens (including phenoxy) is 2. The monoisotopic (exact) mass is 384 g/mol. The van der Waals surface area contributed by atoms with E-state index in [4.69, 9.17) is 9.47 Å². The molecule has 4 rings (SSSR count). The molecule has 27 heavy (non-hydrogen) atoms. The Morgan fingerprint density at radius 1 is 1.19 bits per heavy atom. The molecule has 0 bridgehead atoms. The smallest absolute Gasteiger partial charge is 0.269 e. The number of rotatable bonds is 6. The minimum atomic E-state index is -0.506. The van der Waals surface area contributed by atoms with Crippen molar-refractivity contribution < 1.29 is 19.2 Å². The Morgan fingerprint density at radius 3 is 2.74 bits per heavy atom. The van der Waals surface area contributed by atoms with Gasteiger partial charge in [0, 0.05) is 23.3 Å². The van der Waals surface area contributed by atoms with E-state index in [9.17, 15) is 14.9 Å². The molecule has 0 spiro atoms. The summed E-state index contributed by atoms with van der Waals surface area (Å²) >= 11 is 1.18. The third-order valence-corrected chi connectivity index (χ3v) is 4.69. The number of aromatic amines is 1. The summed E-state index contributed by atoms with van der Waals surface area (Å²) in [7, 11) is 0. The maximum atomic E-state index is 12.2. The minimum absolute atomic E-state index is 0.0541. The number of non-ortho nitro benzene ring substituents is 1. The lowest BCUT2D eigenvalue weighted by molar-refractivity contribution is -0.384. The van der Waals surface area contributed by atoms with Gasteiger partial charge in [-0.2, -0.15) is 0 Å². The van der Waals surface area contributed by atoms with Gasteiger partial charge in [0.15, 0.2) is 23.1 Å². The first-order valence-electron chi connectivity index (χ1n) is 7.83. The summed E-state index contributed by atoms with van der Waals surface area (Å²) in [5.41, 5.74) is 1.14. The number of thioether (sulfide) groups is 1. The Bertz CT molecular complexity index is 1020. The van der Waals surface area contributed by atoms with Crippen molar-refractivity contribution in [2.75, 3.05) is 12.5 Å². The second-order valence-electron chi connectivity index (χ2n) is 5.55. The fraction of sp³-hybridized carbons (Fsp3) is 0.118. The molecule has 1 aliphatic rings. The topological polar surface area (TPSA) is 120 Å². The Balaban J connectivity index is 1.40. The Hall–Kier alpha value is -3.40. The standard InChI is InChI=1S/C17H12N4O5S/c22-13(10-1-4-12(5-2-10)21(23)24)8-27-17-18-16(19-20-17)11-3-6-14-15(7-11)26-9-25-14/h1-7H,8-9H2,(H,18,19,20). The zero-order chi connectivity index (χ0) is 18.8.